The van der Waals surface area contributed by atoms with Crippen LogP contribution in [0.2, 0.25) is 0 Å². The highest BCUT2D eigenvalue weighted by Gasteiger charge is 2.38. The van der Waals surface area contributed by atoms with Gasteiger partial charge >= 0.3 is 5.69 Å². The molecule has 0 aliphatic carbocycles. The first-order chi connectivity index (χ1) is 22.2. The number of rotatable bonds is 7. The van der Waals surface area contributed by atoms with Crippen LogP contribution < -0.4 is 10.6 Å². The Morgan fingerprint density at radius 2 is 1.74 bits per heavy atom. The Bertz CT molecular complexity index is 2030. The van der Waals surface area contributed by atoms with Crippen LogP contribution in [0.3, 0.4) is 0 Å². The summed E-state index contributed by atoms with van der Waals surface area (Å²) in [5, 5.41) is 15.1. The van der Waals surface area contributed by atoms with E-state index >= 15 is 0 Å². The van der Waals surface area contributed by atoms with Gasteiger partial charge in [-0.05, 0) is 36.8 Å². The van der Waals surface area contributed by atoms with Crippen molar-refractivity contribution in [2.24, 2.45) is 14.1 Å². The summed E-state index contributed by atoms with van der Waals surface area (Å²) in [7, 11) is 3.46. The van der Waals surface area contributed by atoms with Gasteiger partial charge in [0.05, 0.1) is 65.0 Å². The molecule has 5 heterocycles. The number of halogens is 2. The lowest BCUT2D eigenvalue weighted by Gasteiger charge is -2.46. The molecule has 2 aliphatic heterocycles. The molecule has 47 heavy (non-hydrogen) atoms. The number of imidazole rings is 2. The fourth-order valence-corrected chi connectivity index (χ4v) is 6.96. The molecule has 13 heteroatoms. The third-order valence-corrected chi connectivity index (χ3v) is 9.41. The fraction of sp³-hybridized carbons (Fsp3) is 0.500. The van der Waals surface area contributed by atoms with Crippen molar-refractivity contribution in [3.8, 4) is 16.8 Å². The number of hydrogen-bond acceptors (Lipinski definition) is 7. The molecule has 0 saturated carbocycles. The summed E-state index contributed by atoms with van der Waals surface area (Å²) in [6.45, 7) is 13.3. The van der Waals surface area contributed by atoms with Crippen LogP contribution in [0.25, 0.3) is 38.9 Å². The predicted octanol–water partition coefficient (Wildman–Crippen LogP) is 4.22. The van der Waals surface area contributed by atoms with Crippen molar-refractivity contribution in [1.82, 2.24) is 33.4 Å². The molecule has 2 fully saturated rings. The number of fused-ring (bicyclic) bond motifs is 2. The minimum atomic E-state index is -2.73. The highest BCUT2D eigenvalue weighted by molar-refractivity contribution is 5.94. The molecule has 2 aliphatic rings. The summed E-state index contributed by atoms with van der Waals surface area (Å²) in [5.74, 6) is 0.702. The quantitative estimate of drug-likeness (QED) is 0.282. The number of aryl methyl sites for hydroxylation is 2. The van der Waals surface area contributed by atoms with E-state index in [1.807, 2.05) is 48.6 Å². The first-order valence-electron chi connectivity index (χ1n) is 16.1. The van der Waals surface area contributed by atoms with Crippen molar-refractivity contribution >= 4 is 27.8 Å². The van der Waals surface area contributed by atoms with Crippen LogP contribution >= 0.6 is 0 Å². The minimum Gasteiger partial charge on any atom is -0.386 e. The third kappa shape index (κ3) is 5.53. The lowest BCUT2D eigenvalue weighted by Crippen LogP contribution is -2.60. The van der Waals surface area contributed by atoms with Gasteiger partial charge in [0.2, 0.25) is 0 Å². The van der Waals surface area contributed by atoms with Gasteiger partial charge in [0, 0.05) is 69.6 Å². The Hall–Kier alpha value is -4.07. The standard InChI is InChI=1S/C34H42F2N8O3/c1-33(2,3)31-38-25-15-23(21-17-37-43(18-21)8-7-41-9-11-47-12-10-41)24(30(35)36)16-26(25)44(31)22-13-27-29(40(6)32(45)39(27)5)28(14-22)42-19-34(4,46)20-42/h13-18,30,46H,7-12,19-20H2,1-6H3. The average Bonchev–Trinajstić information content (AvgIpc) is 3.70. The van der Waals surface area contributed by atoms with E-state index in [2.05, 4.69) is 10.00 Å². The lowest BCUT2D eigenvalue weighted by atomic mass is 9.94. The van der Waals surface area contributed by atoms with Crippen LogP contribution in [-0.2, 0) is 30.8 Å². The first kappa shape index (κ1) is 31.5. The van der Waals surface area contributed by atoms with Crippen molar-refractivity contribution in [3.63, 3.8) is 0 Å². The molecule has 1 N–H and O–H groups in total. The Kier molecular flexibility index (Phi) is 7.56. The normalized spacial score (nSPS) is 17.4. The largest absolute Gasteiger partial charge is 0.386 e. The van der Waals surface area contributed by atoms with E-state index < -0.39 is 17.4 Å². The molecule has 3 aromatic heterocycles. The number of β-amino-alcohol motifs (C(OH)–C–C–N with tert-alkyl or cyclic N) is 1. The highest BCUT2D eigenvalue weighted by Crippen LogP contribution is 2.40. The molecule has 0 spiro atoms. The maximum atomic E-state index is 14.9. The molecule has 7 rings (SSSR count). The third-order valence-electron chi connectivity index (χ3n) is 9.41. The topological polar surface area (TPSA) is 98.5 Å². The lowest BCUT2D eigenvalue weighted by molar-refractivity contribution is 0.0311. The SMILES string of the molecule is Cn1c(=O)n(C)c2c(N3CC(C)(O)C3)cc(-n3c(C(C)(C)C)nc4cc(-c5cnn(CCN6CCOCC6)c5)c(C(F)F)cc43)cc21. The van der Waals surface area contributed by atoms with Gasteiger partial charge in [-0.1, -0.05) is 20.8 Å². The Morgan fingerprint density at radius 1 is 1.02 bits per heavy atom. The molecule has 0 radical (unpaired) electrons. The molecule has 0 bridgehead atoms. The number of hydrogen-bond donors (Lipinski definition) is 1. The number of ether oxygens (including phenoxy) is 1. The van der Waals surface area contributed by atoms with Crippen LogP contribution in [0.15, 0.2) is 41.5 Å². The van der Waals surface area contributed by atoms with Gasteiger partial charge in [0.15, 0.2) is 0 Å². The average molecular weight is 649 g/mol. The number of nitrogens with zero attached hydrogens (tertiary/aromatic N) is 8. The van der Waals surface area contributed by atoms with Crippen molar-refractivity contribution < 1.29 is 18.6 Å². The zero-order valence-electron chi connectivity index (χ0n) is 27.8. The smallest absolute Gasteiger partial charge is 0.328 e. The predicted molar refractivity (Wildman–Crippen MR) is 178 cm³/mol. The molecular weight excluding hydrogens is 606 g/mol. The van der Waals surface area contributed by atoms with E-state index in [0.717, 1.165) is 30.8 Å². The minimum absolute atomic E-state index is 0.0981. The monoisotopic (exact) mass is 648 g/mol. The highest BCUT2D eigenvalue weighted by atomic mass is 19.3. The molecule has 2 saturated heterocycles. The molecule has 2 aromatic carbocycles. The van der Waals surface area contributed by atoms with E-state index in [9.17, 15) is 18.7 Å². The van der Waals surface area contributed by atoms with Gasteiger partial charge in [0.25, 0.3) is 6.43 Å². The summed E-state index contributed by atoms with van der Waals surface area (Å²) >= 11 is 0. The van der Waals surface area contributed by atoms with Gasteiger partial charge in [-0.15, -0.1) is 0 Å². The number of alkyl halides is 2. The molecule has 5 aromatic rings. The number of aliphatic hydroxyl groups is 1. The van der Waals surface area contributed by atoms with Crippen LogP contribution in [0.5, 0.6) is 0 Å². The zero-order chi connectivity index (χ0) is 33.4. The second-order valence-electron chi connectivity index (χ2n) is 14.3. The molecule has 0 unspecified atom stereocenters. The van der Waals surface area contributed by atoms with Gasteiger partial charge in [-0.2, -0.15) is 5.10 Å². The summed E-state index contributed by atoms with van der Waals surface area (Å²) in [6, 6.07) is 7.19. The van der Waals surface area contributed by atoms with Gasteiger partial charge in [0.1, 0.15) is 5.82 Å². The Morgan fingerprint density at radius 3 is 2.40 bits per heavy atom. The molecule has 0 amide bonds. The summed E-state index contributed by atoms with van der Waals surface area (Å²) in [5.41, 5.74) is 3.54. The zero-order valence-corrected chi connectivity index (χ0v) is 27.8. The van der Waals surface area contributed by atoms with Gasteiger partial charge in [-0.3, -0.25) is 23.3 Å². The van der Waals surface area contributed by atoms with Crippen LogP contribution in [0.1, 0.15) is 45.5 Å². The van der Waals surface area contributed by atoms with Crippen molar-refractivity contribution in [3.05, 3.63) is 58.5 Å². The second kappa shape index (κ2) is 11.3. The summed E-state index contributed by atoms with van der Waals surface area (Å²) < 4.78 is 42.1. The number of aromatic nitrogens is 6. The van der Waals surface area contributed by atoms with Crippen molar-refractivity contribution in [1.29, 1.82) is 0 Å². The van der Waals surface area contributed by atoms with Crippen molar-refractivity contribution in [2.75, 3.05) is 50.8 Å². The number of benzene rings is 2. The van der Waals surface area contributed by atoms with E-state index in [0.29, 0.717) is 72.0 Å². The molecule has 11 nitrogen and oxygen atoms in total. The maximum absolute atomic E-state index is 14.9. The van der Waals surface area contributed by atoms with Gasteiger partial charge < -0.3 is 14.7 Å². The summed E-state index contributed by atoms with van der Waals surface area (Å²) in [6.07, 6.45) is 0.739. The van der Waals surface area contributed by atoms with Crippen molar-refractivity contribution in [2.45, 2.75) is 51.7 Å². The van der Waals surface area contributed by atoms with E-state index in [4.69, 9.17) is 9.72 Å². The molecule has 250 valence electrons. The molecule has 0 atom stereocenters. The van der Waals surface area contributed by atoms with E-state index in [1.165, 1.54) is 0 Å². The number of anilines is 1. The summed E-state index contributed by atoms with van der Waals surface area (Å²) in [4.78, 5) is 22.5. The van der Waals surface area contributed by atoms with Crippen LogP contribution in [-0.4, -0.2) is 90.0 Å². The Balaban J connectivity index is 1.37. The Labute approximate surface area is 271 Å². The molecular formula is C34H42F2N8O3. The number of morpholine rings is 1. The van der Waals surface area contributed by atoms with Crippen LogP contribution in [0, 0.1) is 0 Å². The maximum Gasteiger partial charge on any atom is 0.328 e. The van der Waals surface area contributed by atoms with E-state index in [-0.39, 0.29) is 11.3 Å². The van der Waals surface area contributed by atoms with E-state index in [1.54, 1.807) is 53.2 Å². The first-order valence-corrected chi connectivity index (χ1v) is 16.1. The second-order valence-corrected chi connectivity index (χ2v) is 14.3. The van der Waals surface area contributed by atoms with Gasteiger partial charge in [-0.25, -0.2) is 18.6 Å². The fourth-order valence-electron chi connectivity index (χ4n) is 6.96. The van der Waals surface area contributed by atoms with Crippen LogP contribution in [0.4, 0.5) is 14.5 Å².